The predicted molar refractivity (Wildman–Crippen MR) is 68.4 cm³/mol. The number of thiophene rings is 1. The van der Waals surface area contributed by atoms with Crippen molar-refractivity contribution in [3.05, 3.63) is 31.9 Å². The number of thiol groups is 1. The fourth-order valence-electron chi connectivity index (χ4n) is 1.21. The third-order valence-corrected chi connectivity index (χ3v) is 5.26. The molecule has 0 saturated carbocycles. The van der Waals surface area contributed by atoms with Gasteiger partial charge in [0.15, 0.2) is 0 Å². The number of fused-ring (bicyclic) bond motifs is 1. The van der Waals surface area contributed by atoms with Crippen LogP contribution in [0.2, 0.25) is 0 Å². The summed E-state index contributed by atoms with van der Waals surface area (Å²) in [6.07, 6.45) is 0. The van der Waals surface area contributed by atoms with E-state index in [2.05, 4.69) is 35.2 Å². The zero-order chi connectivity index (χ0) is 10.3. The molecule has 0 amide bonds. The number of nitrogens with zero attached hydrogens (tertiary/aromatic N) is 1. The van der Waals surface area contributed by atoms with Gasteiger partial charge in [0.25, 0.3) is 5.69 Å². The second kappa shape index (κ2) is 3.67. The molecule has 72 valence electrons. The molecule has 0 bridgehead atoms. The highest BCUT2D eigenvalue weighted by Crippen LogP contribution is 2.39. The first-order valence-electron chi connectivity index (χ1n) is 3.65. The van der Waals surface area contributed by atoms with E-state index in [4.69, 9.17) is 0 Å². The monoisotopic (exact) mass is 337 g/mol. The number of hydrogen-bond acceptors (Lipinski definition) is 4. The SMILES string of the molecule is O=[N+]([O-])c1cccc2c(I)c(S)sc12. The molecule has 0 radical (unpaired) electrons. The Kier molecular flexibility index (Phi) is 2.67. The lowest BCUT2D eigenvalue weighted by atomic mass is 10.2. The summed E-state index contributed by atoms with van der Waals surface area (Å²) in [7, 11) is 0. The van der Waals surface area contributed by atoms with E-state index in [0.29, 0.717) is 4.70 Å². The van der Waals surface area contributed by atoms with Crippen molar-refractivity contribution in [3.63, 3.8) is 0 Å². The van der Waals surface area contributed by atoms with Crippen LogP contribution in [0.3, 0.4) is 0 Å². The fourth-order valence-corrected chi connectivity index (χ4v) is 3.48. The van der Waals surface area contributed by atoms with E-state index >= 15 is 0 Å². The van der Waals surface area contributed by atoms with Crippen LogP contribution < -0.4 is 0 Å². The van der Waals surface area contributed by atoms with E-state index in [1.807, 2.05) is 6.07 Å². The van der Waals surface area contributed by atoms with Crippen molar-refractivity contribution in [1.29, 1.82) is 0 Å². The van der Waals surface area contributed by atoms with E-state index in [1.165, 1.54) is 17.4 Å². The second-order valence-corrected chi connectivity index (χ2v) is 5.48. The normalized spacial score (nSPS) is 10.7. The van der Waals surface area contributed by atoms with Gasteiger partial charge in [-0.15, -0.1) is 24.0 Å². The van der Waals surface area contributed by atoms with Crippen LogP contribution in [-0.4, -0.2) is 4.92 Å². The molecule has 1 heterocycles. The predicted octanol–water partition coefficient (Wildman–Crippen LogP) is 3.70. The van der Waals surface area contributed by atoms with Gasteiger partial charge in [-0.25, -0.2) is 0 Å². The molecule has 0 N–H and O–H groups in total. The molecule has 0 aliphatic heterocycles. The molecule has 2 rings (SSSR count). The second-order valence-electron chi connectivity index (χ2n) is 2.63. The van der Waals surface area contributed by atoms with E-state index in [1.54, 1.807) is 6.07 Å². The van der Waals surface area contributed by atoms with Gasteiger partial charge in [-0.1, -0.05) is 12.1 Å². The lowest BCUT2D eigenvalue weighted by molar-refractivity contribution is -0.382. The molecule has 1 aromatic heterocycles. The van der Waals surface area contributed by atoms with Crippen molar-refractivity contribution in [2.45, 2.75) is 4.21 Å². The number of benzene rings is 1. The molecule has 14 heavy (non-hydrogen) atoms. The van der Waals surface area contributed by atoms with Gasteiger partial charge in [-0.05, 0) is 22.6 Å². The molecule has 2 aromatic rings. The fraction of sp³-hybridized carbons (Fsp3) is 0. The lowest BCUT2D eigenvalue weighted by Gasteiger charge is -1.92. The van der Waals surface area contributed by atoms with Gasteiger partial charge in [-0.3, -0.25) is 10.1 Å². The highest BCUT2D eigenvalue weighted by atomic mass is 127. The topological polar surface area (TPSA) is 43.1 Å². The minimum Gasteiger partial charge on any atom is -0.258 e. The minimum atomic E-state index is -0.359. The summed E-state index contributed by atoms with van der Waals surface area (Å²) in [5, 5.41) is 11.6. The highest BCUT2D eigenvalue weighted by molar-refractivity contribution is 14.1. The first-order valence-corrected chi connectivity index (χ1v) is 6.00. The number of hydrogen-bond donors (Lipinski definition) is 1. The zero-order valence-corrected chi connectivity index (χ0v) is 10.6. The number of nitro groups is 1. The summed E-state index contributed by atoms with van der Waals surface area (Å²) in [6, 6.07) is 5.09. The van der Waals surface area contributed by atoms with Gasteiger partial charge in [0.1, 0.15) is 4.70 Å². The van der Waals surface area contributed by atoms with Gasteiger partial charge in [0.2, 0.25) is 0 Å². The maximum atomic E-state index is 10.7. The van der Waals surface area contributed by atoms with Crippen LogP contribution in [0.1, 0.15) is 0 Å². The molecular formula is C8H4INO2S2. The van der Waals surface area contributed by atoms with Gasteiger partial charge in [0.05, 0.1) is 9.13 Å². The van der Waals surface area contributed by atoms with Crippen LogP contribution in [0.25, 0.3) is 10.1 Å². The van der Waals surface area contributed by atoms with Crippen LogP contribution >= 0.6 is 46.6 Å². The molecule has 0 atom stereocenters. The Hall–Kier alpha value is -0.340. The van der Waals surface area contributed by atoms with Gasteiger partial charge in [0, 0.05) is 15.0 Å². The van der Waals surface area contributed by atoms with Crippen molar-refractivity contribution < 1.29 is 4.92 Å². The third-order valence-electron chi connectivity index (χ3n) is 1.81. The number of non-ortho nitro benzene ring substituents is 1. The Bertz CT molecular complexity index is 523. The van der Waals surface area contributed by atoms with Crippen LogP contribution in [-0.2, 0) is 0 Å². The Morgan fingerprint density at radius 3 is 2.86 bits per heavy atom. The summed E-state index contributed by atoms with van der Waals surface area (Å²) in [6.45, 7) is 0. The van der Waals surface area contributed by atoms with E-state index in [0.717, 1.165) is 13.2 Å². The van der Waals surface area contributed by atoms with Gasteiger partial charge < -0.3 is 0 Å². The van der Waals surface area contributed by atoms with Crippen molar-refractivity contribution in [2.24, 2.45) is 0 Å². The van der Waals surface area contributed by atoms with E-state index in [-0.39, 0.29) is 10.6 Å². The number of nitro benzene ring substituents is 1. The Labute approximate surface area is 103 Å². The number of halogens is 1. The van der Waals surface area contributed by atoms with Crippen molar-refractivity contribution in [2.75, 3.05) is 0 Å². The van der Waals surface area contributed by atoms with Gasteiger partial charge in [-0.2, -0.15) is 0 Å². The maximum Gasteiger partial charge on any atom is 0.287 e. The summed E-state index contributed by atoms with van der Waals surface area (Å²) in [4.78, 5) is 10.4. The summed E-state index contributed by atoms with van der Waals surface area (Å²) in [5.41, 5.74) is 0.158. The molecule has 0 aliphatic rings. The standard InChI is InChI=1S/C8H4INO2S2/c9-6-4-2-1-3-5(10(11)12)7(4)14-8(6)13/h1-3,13H. The molecule has 0 spiro atoms. The summed E-state index contributed by atoms with van der Waals surface area (Å²) < 4.78 is 2.51. The van der Waals surface area contributed by atoms with Gasteiger partial charge >= 0.3 is 0 Å². The van der Waals surface area contributed by atoms with Crippen molar-refractivity contribution >= 4 is 62.3 Å². The molecule has 6 heteroatoms. The smallest absolute Gasteiger partial charge is 0.258 e. The zero-order valence-electron chi connectivity index (χ0n) is 6.73. The molecule has 1 aromatic carbocycles. The lowest BCUT2D eigenvalue weighted by Crippen LogP contribution is -1.86. The van der Waals surface area contributed by atoms with Crippen LogP contribution in [0, 0.1) is 13.7 Å². The molecular weight excluding hydrogens is 333 g/mol. The molecule has 3 nitrogen and oxygen atoms in total. The third kappa shape index (κ3) is 1.51. The first kappa shape index (κ1) is 10.2. The van der Waals surface area contributed by atoms with E-state index in [9.17, 15) is 10.1 Å². The quantitative estimate of drug-likeness (QED) is 0.373. The van der Waals surface area contributed by atoms with Crippen molar-refractivity contribution in [1.82, 2.24) is 0 Å². The van der Waals surface area contributed by atoms with Crippen LogP contribution in [0.4, 0.5) is 5.69 Å². The largest absolute Gasteiger partial charge is 0.287 e. The number of rotatable bonds is 1. The van der Waals surface area contributed by atoms with Crippen LogP contribution in [0.15, 0.2) is 22.4 Å². The van der Waals surface area contributed by atoms with E-state index < -0.39 is 0 Å². The maximum absolute atomic E-state index is 10.7. The molecule has 0 saturated heterocycles. The summed E-state index contributed by atoms with van der Waals surface area (Å²) >= 11 is 7.76. The minimum absolute atomic E-state index is 0.158. The highest BCUT2D eigenvalue weighted by Gasteiger charge is 2.16. The molecule has 0 fully saturated rings. The van der Waals surface area contributed by atoms with Crippen LogP contribution in [0.5, 0.6) is 0 Å². The Morgan fingerprint density at radius 1 is 1.50 bits per heavy atom. The summed E-state index contributed by atoms with van der Waals surface area (Å²) in [5.74, 6) is 0. The Balaban J connectivity index is 2.88. The molecule has 0 aliphatic carbocycles. The van der Waals surface area contributed by atoms with Crippen molar-refractivity contribution in [3.8, 4) is 0 Å². The Morgan fingerprint density at radius 2 is 2.21 bits per heavy atom. The first-order chi connectivity index (χ1) is 6.61. The average molecular weight is 337 g/mol. The average Bonchev–Trinajstić information content (AvgIpc) is 2.43. The molecule has 0 unspecified atom stereocenters.